The molecule has 0 spiro atoms. The predicted molar refractivity (Wildman–Crippen MR) is 58.7 cm³/mol. The van der Waals surface area contributed by atoms with Crippen LogP contribution in [0.2, 0.25) is 0 Å². The molecule has 5 nitrogen and oxygen atoms in total. The first-order valence-electron chi connectivity index (χ1n) is 5.49. The van der Waals surface area contributed by atoms with Gasteiger partial charge in [0.25, 0.3) is 5.89 Å². The van der Waals surface area contributed by atoms with Crippen LogP contribution in [0.15, 0.2) is 28.8 Å². The largest absolute Gasteiger partial charge is 0.492 e. The fourth-order valence-electron chi connectivity index (χ4n) is 1.93. The van der Waals surface area contributed by atoms with Crippen molar-refractivity contribution in [1.82, 2.24) is 10.1 Å². The molecular weight excluding hydrogens is 220 g/mol. The Hall–Kier alpha value is -1.88. The summed E-state index contributed by atoms with van der Waals surface area (Å²) in [5.74, 6) is 1.65. The minimum absolute atomic E-state index is 0.0116. The van der Waals surface area contributed by atoms with E-state index in [1.165, 1.54) is 0 Å². The van der Waals surface area contributed by atoms with Gasteiger partial charge in [0, 0.05) is 5.56 Å². The van der Waals surface area contributed by atoms with Crippen LogP contribution in [-0.4, -0.2) is 21.9 Å². The molecule has 1 aliphatic heterocycles. The summed E-state index contributed by atoms with van der Waals surface area (Å²) >= 11 is 0. The smallest absolute Gasteiger partial charge is 0.255 e. The number of aliphatic hydroxyl groups is 1. The Kier molecular flexibility index (Phi) is 2.33. The monoisotopic (exact) mass is 232 g/mol. The first-order valence-corrected chi connectivity index (χ1v) is 5.49. The van der Waals surface area contributed by atoms with Gasteiger partial charge in [-0.1, -0.05) is 23.4 Å². The molecule has 0 fully saturated rings. The Labute approximate surface area is 98.0 Å². The molecule has 2 aromatic rings. The molecule has 2 heterocycles. The number of aliphatic hydroxyl groups excluding tert-OH is 1. The van der Waals surface area contributed by atoms with Crippen LogP contribution in [0.3, 0.4) is 0 Å². The van der Waals surface area contributed by atoms with Gasteiger partial charge in [-0.15, -0.1) is 0 Å². The third-order valence-electron chi connectivity index (χ3n) is 2.83. The Bertz CT molecular complexity index is 536. The lowest BCUT2D eigenvalue weighted by molar-refractivity contribution is 0.151. The highest BCUT2D eigenvalue weighted by Crippen LogP contribution is 2.36. The lowest BCUT2D eigenvalue weighted by atomic mass is 10.0. The molecule has 0 saturated heterocycles. The molecule has 0 amide bonds. The van der Waals surface area contributed by atoms with Crippen LogP contribution in [0.1, 0.15) is 36.2 Å². The average molecular weight is 232 g/mol. The SMILES string of the molecule is C[C@H](O)c1nc(C2COc3ccccc32)no1. The van der Waals surface area contributed by atoms with Crippen LogP contribution in [0.25, 0.3) is 0 Å². The molecule has 1 unspecified atom stereocenters. The van der Waals surface area contributed by atoms with Gasteiger partial charge in [0.1, 0.15) is 18.5 Å². The van der Waals surface area contributed by atoms with E-state index in [9.17, 15) is 5.11 Å². The van der Waals surface area contributed by atoms with Gasteiger partial charge >= 0.3 is 0 Å². The summed E-state index contributed by atoms with van der Waals surface area (Å²) in [6.07, 6.45) is -0.742. The first-order chi connectivity index (χ1) is 8.25. The molecule has 0 bridgehead atoms. The lowest BCUT2D eigenvalue weighted by Gasteiger charge is -2.01. The average Bonchev–Trinajstić information content (AvgIpc) is 2.95. The molecule has 2 atom stereocenters. The van der Waals surface area contributed by atoms with E-state index < -0.39 is 6.10 Å². The Balaban J connectivity index is 1.95. The van der Waals surface area contributed by atoms with Gasteiger partial charge in [-0.3, -0.25) is 0 Å². The van der Waals surface area contributed by atoms with E-state index in [0.717, 1.165) is 11.3 Å². The summed E-state index contributed by atoms with van der Waals surface area (Å²) in [4.78, 5) is 4.18. The quantitative estimate of drug-likeness (QED) is 0.852. The van der Waals surface area contributed by atoms with E-state index in [1.807, 2.05) is 24.3 Å². The maximum Gasteiger partial charge on any atom is 0.255 e. The first kappa shape index (κ1) is 10.3. The van der Waals surface area contributed by atoms with E-state index in [0.29, 0.717) is 12.4 Å². The van der Waals surface area contributed by atoms with Gasteiger partial charge in [-0.05, 0) is 13.0 Å². The molecule has 1 aliphatic rings. The standard InChI is InChI=1S/C12H12N2O3/c1-7(15)12-13-11(14-17-12)9-6-16-10-5-3-2-4-8(9)10/h2-5,7,9,15H,6H2,1H3/t7-,9?/m0/s1. The van der Waals surface area contributed by atoms with E-state index in [2.05, 4.69) is 10.1 Å². The minimum atomic E-state index is -0.742. The predicted octanol–water partition coefficient (Wildman–Crippen LogP) is 1.65. The highest BCUT2D eigenvalue weighted by molar-refractivity contribution is 5.42. The summed E-state index contributed by atoms with van der Waals surface area (Å²) < 4.78 is 10.5. The zero-order valence-corrected chi connectivity index (χ0v) is 9.33. The highest BCUT2D eigenvalue weighted by Gasteiger charge is 2.29. The van der Waals surface area contributed by atoms with Crippen molar-refractivity contribution in [3.63, 3.8) is 0 Å². The summed E-state index contributed by atoms with van der Waals surface area (Å²) in [5.41, 5.74) is 1.06. The fraction of sp³-hybridized carbons (Fsp3) is 0.333. The summed E-state index contributed by atoms with van der Waals surface area (Å²) in [7, 11) is 0. The van der Waals surface area contributed by atoms with Gasteiger partial charge in [0.2, 0.25) is 0 Å². The van der Waals surface area contributed by atoms with Gasteiger partial charge < -0.3 is 14.4 Å². The van der Waals surface area contributed by atoms with E-state index in [4.69, 9.17) is 9.26 Å². The number of nitrogens with zero attached hydrogens (tertiary/aromatic N) is 2. The third-order valence-corrected chi connectivity index (χ3v) is 2.83. The Morgan fingerprint density at radius 1 is 1.41 bits per heavy atom. The van der Waals surface area contributed by atoms with Crippen molar-refractivity contribution < 1.29 is 14.4 Å². The molecule has 5 heteroatoms. The number of aromatic nitrogens is 2. The van der Waals surface area contributed by atoms with Gasteiger partial charge in [0.05, 0.1) is 5.92 Å². The third kappa shape index (κ3) is 1.68. The maximum absolute atomic E-state index is 9.35. The van der Waals surface area contributed by atoms with Gasteiger partial charge in [-0.25, -0.2) is 0 Å². The number of hydrogen-bond acceptors (Lipinski definition) is 5. The van der Waals surface area contributed by atoms with Crippen molar-refractivity contribution in [2.24, 2.45) is 0 Å². The molecule has 88 valence electrons. The molecule has 0 radical (unpaired) electrons. The van der Waals surface area contributed by atoms with Crippen LogP contribution >= 0.6 is 0 Å². The molecule has 0 aliphatic carbocycles. The van der Waals surface area contributed by atoms with Gasteiger partial charge in [-0.2, -0.15) is 4.98 Å². The second-order valence-electron chi connectivity index (χ2n) is 4.07. The second kappa shape index (κ2) is 3.85. The molecular formula is C12H12N2O3. The number of para-hydroxylation sites is 1. The number of ether oxygens (including phenoxy) is 1. The Morgan fingerprint density at radius 3 is 3.00 bits per heavy atom. The second-order valence-corrected chi connectivity index (χ2v) is 4.07. The van der Waals surface area contributed by atoms with Crippen LogP contribution in [-0.2, 0) is 0 Å². The van der Waals surface area contributed by atoms with Crippen molar-refractivity contribution in [3.05, 3.63) is 41.5 Å². The number of fused-ring (bicyclic) bond motifs is 1. The molecule has 0 saturated carbocycles. The van der Waals surface area contributed by atoms with Crippen molar-refractivity contribution in [2.45, 2.75) is 18.9 Å². The normalized spacial score (nSPS) is 19.8. The molecule has 17 heavy (non-hydrogen) atoms. The zero-order chi connectivity index (χ0) is 11.8. The number of rotatable bonds is 2. The van der Waals surface area contributed by atoms with Crippen LogP contribution in [0, 0.1) is 0 Å². The molecule has 1 aromatic carbocycles. The fourth-order valence-corrected chi connectivity index (χ4v) is 1.93. The summed E-state index contributed by atoms with van der Waals surface area (Å²) in [5, 5.41) is 13.2. The number of hydrogen-bond donors (Lipinski definition) is 1. The lowest BCUT2D eigenvalue weighted by Crippen LogP contribution is -2.05. The summed E-state index contributed by atoms with van der Waals surface area (Å²) in [6, 6.07) is 7.80. The summed E-state index contributed by atoms with van der Waals surface area (Å²) in [6.45, 7) is 2.11. The van der Waals surface area contributed by atoms with Gasteiger partial charge in [0.15, 0.2) is 5.82 Å². The molecule has 3 rings (SSSR count). The van der Waals surface area contributed by atoms with E-state index >= 15 is 0 Å². The maximum atomic E-state index is 9.35. The molecule has 1 N–H and O–H groups in total. The van der Waals surface area contributed by atoms with Crippen molar-refractivity contribution in [3.8, 4) is 5.75 Å². The van der Waals surface area contributed by atoms with Crippen LogP contribution in [0.5, 0.6) is 5.75 Å². The van der Waals surface area contributed by atoms with E-state index in [-0.39, 0.29) is 11.8 Å². The highest BCUT2D eigenvalue weighted by atomic mass is 16.5. The zero-order valence-electron chi connectivity index (χ0n) is 9.33. The topological polar surface area (TPSA) is 68.4 Å². The minimum Gasteiger partial charge on any atom is -0.492 e. The van der Waals surface area contributed by atoms with Crippen LogP contribution < -0.4 is 4.74 Å². The number of benzene rings is 1. The van der Waals surface area contributed by atoms with Crippen molar-refractivity contribution >= 4 is 0 Å². The van der Waals surface area contributed by atoms with Crippen LogP contribution in [0.4, 0.5) is 0 Å². The molecule has 1 aromatic heterocycles. The Morgan fingerprint density at radius 2 is 2.24 bits per heavy atom. The van der Waals surface area contributed by atoms with Crippen molar-refractivity contribution in [1.29, 1.82) is 0 Å². The van der Waals surface area contributed by atoms with Crippen molar-refractivity contribution in [2.75, 3.05) is 6.61 Å². The van der Waals surface area contributed by atoms with E-state index in [1.54, 1.807) is 6.92 Å².